The van der Waals surface area contributed by atoms with Crippen LogP contribution in [0.1, 0.15) is 38.3 Å². The van der Waals surface area contributed by atoms with Crippen LogP contribution in [-0.4, -0.2) is 27.4 Å². The van der Waals surface area contributed by atoms with Crippen molar-refractivity contribution in [1.82, 2.24) is 15.1 Å². The Morgan fingerprint density at radius 2 is 2.42 bits per heavy atom. The van der Waals surface area contributed by atoms with Gasteiger partial charge in [0, 0.05) is 19.3 Å². The first-order chi connectivity index (χ1) is 9.22. The fraction of sp³-hybridized carbons (Fsp3) is 0.714. The lowest BCUT2D eigenvalue weighted by Crippen LogP contribution is -2.29. The second kappa shape index (κ2) is 6.70. The summed E-state index contributed by atoms with van der Waals surface area (Å²) in [7, 11) is 0. The van der Waals surface area contributed by atoms with Crippen molar-refractivity contribution in [3.8, 4) is 0 Å². The van der Waals surface area contributed by atoms with E-state index in [2.05, 4.69) is 17.3 Å². The summed E-state index contributed by atoms with van der Waals surface area (Å²) in [5, 5.41) is 16.8. The second-order valence-electron chi connectivity index (χ2n) is 5.31. The van der Waals surface area contributed by atoms with Crippen LogP contribution in [0.3, 0.4) is 0 Å². The molecule has 1 heterocycles. The maximum absolute atomic E-state index is 11.1. The van der Waals surface area contributed by atoms with Gasteiger partial charge in [-0.2, -0.15) is 5.10 Å². The highest BCUT2D eigenvalue weighted by atomic mass is 16.4. The van der Waals surface area contributed by atoms with Crippen LogP contribution in [-0.2, 0) is 17.9 Å². The van der Waals surface area contributed by atoms with E-state index < -0.39 is 5.97 Å². The van der Waals surface area contributed by atoms with Gasteiger partial charge >= 0.3 is 5.97 Å². The molecular weight excluding hydrogens is 242 g/mol. The molecular formula is C14H23N3O2. The monoisotopic (exact) mass is 265 g/mol. The first kappa shape index (κ1) is 14.1. The fourth-order valence-electron chi connectivity index (χ4n) is 2.92. The predicted molar refractivity (Wildman–Crippen MR) is 72.7 cm³/mol. The Morgan fingerprint density at radius 3 is 3.16 bits per heavy atom. The molecule has 1 aromatic heterocycles. The molecule has 0 radical (unpaired) electrons. The van der Waals surface area contributed by atoms with Crippen LogP contribution in [0.5, 0.6) is 0 Å². The Morgan fingerprint density at radius 1 is 1.58 bits per heavy atom. The molecule has 5 heteroatoms. The zero-order valence-electron chi connectivity index (χ0n) is 11.5. The molecule has 5 nitrogen and oxygen atoms in total. The van der Waals surface area contributed by atoms with Crippen molar-refractivity contribution in [1.29, 1.82) is 0 Å². The van der Waals surface area contributed by atoms with E-state index in [1.807, 2.05) is 16.9 Å². The first-order valence-electron chi connectivity index (χ1n) is 7.16. The highest BCUT2D eigenvalue weighted by molar-refractivity contribution is 5.70. The van der Waals surface area contributed by atoms with Crippen LogP contribution in [0.2, 0.25) is 0 Å². The maximum atomic E-state index is 11.1. The smallest absolute Gasteiger partial charge is 0.306 e. The molecule has 0 aromatic carbocycles. The summed E-state index contributed by atoms with van der Waals surface area (Å²) in [5.74, 6) is -0.520. The summed E-state index contributed by atoms with van der Waals surface area (Å²) >= 11 is 0. The van der Waals surface area contributed by atoms with E-state index in [0.29, 0.717) is 0 Å². The minimum Gasteiger partial charge on any atom is -0.481 e. The number of aryl methyl sites for hydroxylation is 1. The number of carboxylic acids is 1. The quantitative estimate of drug-likeness (QED) is 0.790. The Labute approximate surface area is 114 Å². The topological polar surface area (TPSA) is 67.2 Å². The van der Waals surface area contributed by atoms with Crippen LogP contribution < -0.4 is 5.32 Å². The molecule has 0 bridgehead atoms. The van der Waals surface area contributed by atoms with Gasteiger partial charge in [-0.3, -0.25) is 9.48 Å². The minimum atomic E-state index is -0.639. The van der Waals surface area contributed by atoms with Gasteiger partial charge in [0.05, 0.1) is 11.6 Å². The largest absolute Gasteiger partial charge is 0.481 e. The number of carboxylic acid groups (broad SMARTS) is 1. The number of nitrogens with one attached hydrogen (secondary N) is 1. The maximum Gasteiger partial charge on any atom is 0.306 e. The van der Waals surface area contributed by atoms with Crippen LogP contribution in [0.4, 0.5) is 0 Å². The van der Waals surface area contributed by atoms with Crippen molar-refractivity contribution in [2.24, 2.45) is 11.8 Å². The second-order valence-corrected chi connectivity index (χ2v) is 5.31. The van der Waals surface area contributed by atoms with E-state index in [9.17, 15) is 4.79 Å². The summed E-state index contributed by atoms with van der Waals surface area (Å²) in [6, 6.07) is 2.02. The third kappa shape index (κ3) is 3.56. The number of rotatable bonds is 7. The van der Waals surface area contributed by atoms with Crippen LogP contribution in [0.15, 0.2) is 12.3 Å². The molecule has 2 N–H and O–H groups in total. The molecule has 19 heavy (non-hydrogen) atoms. The Balaban J connectivity index is 1.80. The van der Waals surface area contributed by atoms with Crippen molar-refractivity contribution in [2.75, 3.05) is 6.54 Å². The van der Waals surface area contributed by atoms with E-state index >= 15 is 0 Å². The van der Waals surface area contributed by atoms with E-state index in [0.717, 1.165) is 45.3 Å². The van der Waals surface area contributed by atoms with Gasteiger partial charge in [0.25, 0.3) is 0 Å². The molecule has 1 aliphatic carbocycles. The van der Waals surface area contributed by atoms with Gasteiger partial charge in [-0.15, -0.1) is 0 Å². The molecule has 106 valence electrons. The molecule has 2 unspecified atom stereocenters. The summed E-state index contributed by atoms with van der Waals surface area (Å²) < 4.78 is 2.01. The standard InChI is InChI=1S/C14H23N3O2/c1-2-8-17-12(6-7-16-17)10-15-9-11-4-3-5-13(11)14(18)19/h6-7,11,13,15H,2-5,8-10H2,1H3,(H,18,19). The van der Waals surface area contributed by atoms with Crippen molar-refractivity contribution >= 4 is 5.97 Å². The fourth-order valence-corrected chi connectivity index (χ4v) is 2.92. The third-order valence-corrected chi connectivity index (χ3v) is 3.93. The van der Waals surface area contributed by atoms with Crippen LogP contribution in [0.25, 0.3) is 0 Å². The lowest BCUT2D eigenvalue weighted by atomic mass is 9.96. The van der Waals surface area contributed by atoms with E-state index in [4.69, 9.17) is 5.11 Å². The first-order valence-corrected chi connectivity index (χ1v) is 7.16. The van der Waals surface area contributed by atoms with Crippen molar-refractivity contribution in [3.05, 3.63) is 18.0 Å². The SMILES string of the molecule is CCCn1nccc1CNCC1CCCC1C(=O)O. The average Bonchev–Trinajstić information content (AvgIpc) is 2.99. The summed E-state index contributed by atoms with van der Waals surface area (Å²) in [6.45, 7) is 4.62. The van der Waals surface area contributed by atoms with Gasteiger partial charge in [-0.1, -0.05) is 13.3 Å². The molecule has 1 aromatic rings. The number of carbonyl (C=O) groups is 1. The molecule has 0 saturated heterocycles. The molecule has 1 saturated carbocycles. The molecule has 2 atom stereocenters. The van der Waals surface area contributed by atoms with Crippen molar-refractivity contribution in [3.63, 3.8) is 0 Å². The lowest BCUT2D eigenvalue weighted by Gasteiger charge is -2.16. The van der Waals surface area contributed by atoms with Crippen molar-refractivity contribution in [2.45, 2.75) is 45.7 Å². The lowest BCUT2D eigenvalue weighted by molar-refractivity contribution is -0.142. The van der Waals surface area contributed by atoms with Crippen LogP contribution in [0, 0.1) is 11.8 Å². The predicted octanol–water partition coefficient (Wildman–Crippen LogP) is 1.88. The summed E-state index contributed by atoms with van der Waals surface area (Å²) in [5.41, 5.74) is 1.17. The Bertz CT molecular complexity index is 417. The molecule has 0 amide bonds. The van der Waals surface area contributed by atoms with Gasteiger partial charge in [-0.25, -0.2) is 0 Å². The zero-order valence-corrected chi connectivity index (χ0v) is 11.5. The zero-order chi connectivity index (χ0) is 13.7. The Hall–Kier alpha value is -1.36. The number of aliphatic carboxylic acids is 1. The highest BCUT2D eigenvalue weighted by Gasteiger charge is 2.32. The molecule has 1 aliphatic rings. The van der Waals surface area contributed by atoms with Crippen molar-refractivity contribution < 1.29 is 9.90 Å². The highest BCUT2D eigenvalue weighted by Crippen LogP contribution is 2.31. The number of aromatic nitrogens is 2. The average molecular weight is 265 g/mol. The molecule has 2 rings (SSSR count). The van der Waals surface area contributed by atoms with Gasteiger partial charge in [0.2, 0.25) is 0 Å². The normalized spacial score (nSPS) is 22.8. The van der Waals surface area contributed by atoms with Gasteiger partial charge in [0.15, 0.2) is 0 Å². The molecule has 1 fully saturated rings. The number of hydrogen-bond donors (Lipinski definition) is 2. The van der Waals surface area contributed by atoms with Gasteiger partial charge in [-0.05, 0) is 37.8 Å². The van der Waals surface area contributed by atoms with E-state index in [1.54, 1.807) is 0 Å². The minimum absolute atomic E-state index is 0.159. The molecule has 0 aliphatic heterocycles. The van der Waals surface area contributed by atoms with Gasteiger partial charge < -0.3 is 10.4 Å². The summed E-state index contributed by atoms with van der Waals surface area (Å²) in [6.07, 6.45) is 5.78. The van der Waals surface area contributed by atoms with E-state index in [1.165, 1.54) is 5.69 Å². The third-order valence-electron chi connectivity index (χ3n) is 3.93. The number of nitrogens with zero attached hydrogens (tertiary/aromatic N) is 2. The Kier molecular flexibility index (Phi) is 4.96. The summed E-state index contributed by atoms with van der Waals surface area (Å²) in [4.78, 5) is 11.1. The van der Waals surface area contributed by atoms with E-state index in [-0.39, 0.29) is 11.8 Å². The number of hydrogen-bond acceptors (Lipinski definition) is 3. The molecule has 0 spiro atoms. The van der Waals surface area contributed by atoms with Gasteiger partial charge in [0.1, 0.15) is 0 Å². The van der Waals surface area contributed by atoms with Crippen LogP contribution >= 0.6 is 0 Å².